The molecule has 94 valence electrons. The van der Waals surface area contributed by atoms with E-state index in [2.05, 4.69) is 4.98 Å². The standard InChI is InChI=1S/C13H12F2N2O/c1-7-5-10(14)9(6-11(7)16)8-3-4-17-13(18-2)12(8)15/h3-6H,16H2,1-2H3. The number of benzene rings is 1. The van der Waals surface area contributed by atoms with Gasteiger partial charge >= 0.3 is 0 Å². The quantitative estimate of drug-likeness (QED) is 0.833. The van der Waals surface area contributed by atoms with E-state index in [4.69, 9.17) is 10.5 Å². The number of nitrogens with zero attached hydrogens (tertiary/aromatic N) is 1. The maximum absolute atomic E-state index is 14.0. The van der Waals surface area contributed by atoms with Gasteiger partial charge in [-0.3, -0.25) is 0 Å². The maximum atomic E-state index is 14.0. The van der Waals surface area contributed by atoms with Gasteiger partial charge in [-0.15, -0.1) is 0 Å². The van der Waals surface area contributed by atoms with Crippen LogP contribution < -0.4 is 10.5 Å². The number of nitrogens with two attached hydrogens (primary N) is 1. The summed E-state index contributed by atoms with van der Waals surface area (Å²) in [6.45, 7) is 1.69. The van der Waals surface area contributed by atoms with Crippen LogP contribution >= 0.6 is 0 Å². The van der Waals surface area contributed by atoms with Crippen LogP contribution in [0, 0.1) is 18.6 Å². The highest BCUT2D eigenvalue weighted by molar-refractivity contribution is 5.70. The summed E-state index contributed by atoms with van der Waals surface area (Å²) in [7, 11) is 1.30. The van der Waals surface area contributed by atoms with E-state index in [0.717, 1.165) is 0 Å². The number of hydrogen-bond acceptors (Lipinski definition) is 3. The lowest BCUT2D eigenvalue weighted by Crippen LogP contribution is -1.98. The zero-order chi connectivity index (χ0) is 13.3. The Morgan fingerprint density at radius 3 is 2.61 bits per heavy atom. The molecule has 1 heterocycles. The number of aromatic nitrogens is 1. The highest BCUT2D eigenvalue weighted by Gasteiger charge is 2.16. The van der Waals surface area contributed by atoms with Crippen LogP contribution in [0.2, 0.25) is 0 Å². The number of nitrogen functional groups attached to an aromatic ring is 1. The van der Waals surface area contributed by atoms with Crippen LogP contribution in [-0.4, -0.2) is 12.1 Å². The van der Waals surface area contributed by atoms with Crippen molar-refractivity contribution < 1.29 is 13.5 Å². The molecule has 1 aromatic heterocycles. The van der Waals surface area contributed by atoms with Crippen molar-refractivity contribution in [1.29, 1.82) is 0 Å². The van der Waals surface area contributed by atoms with Crippen molar-refractivity contribution in [3.63, 3.8) is 0 Å². The monoisotopic (exact) mass is 250 g/mol. The largest absolute Gasteiger partial charge is 0.479 e. The lowest BCUT2D eigenvalue weighted by atomic mass is 10.0. The minimum atomic E-state index is -0.706. The van der Waals surface area contributed by atoms with Gasteiger partial charge in [0.1, 0.15) is 5.82 Å². The van der Waals surface area contributed by atoms with Crippen molar-refractivity contribution in [1.82, 2.24) is 4.98 Å². The molecule has 2 aromatic rings. The van der Waals surface area contributed by atoms with Crippen molar-refractivity contribution in [2.24, 2.45) is 0 Å². The van der Waals surface area contributed by atoms with Gasteiger partial charge in [0.15, 0.2) is 5.82 Å². The maximum Gasteiger partial charge on any atom is 0.250 e. The van der Waals surface area contributed by atoms with Crippen LogP contribution in [0.4, 0.5) is 14.5 Å². The normalized spacial score (nSPS) is 10.4. The lowest BCUT2D eigenvalue weighted by molar-refractivity contribution is 0.370. The zero-order valence-corrected chi connectivity index (χ0v) is 10.00. The number of methoxy groups -OCH3 is 1. The third-order valence-corrected chi connectivity index (χ3v) is 2.70. The first kappa shape index (κ1) is 12.3. The Morgan fingerprint density at radius 1 is 1.22 bits per heavy atom. The molecular weight excluding hydrogens is 238 g/mol. The molecule has 0 bridgehead atoms. The number of anilines is 1. The van der Waals surface area contributed by atoms with E-state index in [-0.39, 0.29) is 17.0 Å². The molecule has 18 heavy (non-hydrogen) atoms. The highest BCUT2D eigenvalue weighted by atomic mass is 19.1. The fraction of sp³-hybridized carbons (Fsp3) is 0.154. The third-order valence-electron chi connectivity index (χ3n) is 2.70. The molecule has 1 aromatic carbocycles. The van der Waals surface area contributed by atoms with Gasteiger partial charge in [-0.25, -0.2) is 13.8 Å². The van der Waals surface area contributed by atoms with Gasteiger partial charge in [0.05, 0.1) is 7.11 Å². The SMILES string of the molecule is COc1nccc(-c2cc(N)c(C)cc2F)c1F. The number of ether oxygens (including phenoxy) is 1. The molecule has 3 nitrogen and oxygen atoms in total. The molecular formula is C13H12F2N2O. The number of rotatable bonds is 2. The average Bonchev–Trinajstić information content (AvgIpc) is 2.34. The van der Waals surface area contributed by atoms with Crippen molar-refractivity contribution >= 4 is 5.69 Å². The van der Waals surface area contributed by atoms with Gasteiger partial charge in [-0.2, -0.15) is 0 Å². The summed E-state index contributed by atoms with van der Waals surface area (Å²) in [4.78, 5) is 3.70. The first-order valence-electron chi connectivity index (χ1n) is 5.29. The van der Waals surface area contributed by atoms with E-state index < -0.39 is 11.6 Å². The number of aryl methyl sites for hydroxylation is 1. The zero-order valence-electron chi connectivity index (χ0n) is 10.00. The number of hydrogen-bond donors (Lipinski definition) is 1. The molecule has 0 amide bonds. The van der Waals surface area contributed by atoms with E-state index in [1.807, 2.05) is 0 Å². The van der Waals surface area contributed by atoms with Crippen LogP contribution in [0.25, 0.3) is 11.1 Å². The van der Waals surface area contributed by atoms with Gasteiger partial charge < -0.3 is 10.5 Å². The van der Waals surface area contributed by atoms with Gasteiger partial charge in [0, 0.05) is 23.0 Å². The number of halogens is 2. The second-order valence-corrected chi connectivity index (χ2v) is 3.87. The van der Waals surface area contributed by atoms with Crippen LogP contribution in [-0.2, 0) is 0 Å². The molecule has 0 saturated carbocycles. The molecule has 2 rings (SSSR count). The molecule has 0 aliphatic carbocycles. The number of pyridine rings is 1. The van der Waals surface area contributed by atoms with E-state index in [1.54, 1.807) is 6.92 Å². The van der Waals surface area contributed by atoms with Crippen molar-refractivity contribution in [2.45, 2.75) is 6.92 Å². The van der Waals surface area contributed by atoms with Crippen LogP contribution in [0.1, 0.15) is 5.56 Å². The van der Waals surface area contributed by atoms with Gasteiger partial charge in [-0.05, 0) is 30.7 Å². The average molecular weight is 250 g/mol. The van der Waals surface area contributed by atoms with E-state index in [1.165, 1.54) is 31.5 Å². The van der Waals surface area contributed by atoms with E-state index in [0.29, 0.717) is 11.3 Å². The Labute approximate surface area is 103 Å². The second-order valence-electron chi connectivity index (χ2n) is 3.87. The van der Waals surface area contributed by atoms with Gasteiger partial charge in [0.2, 0.25) is 0 Å². The Hall–Kier alpha value is -2.17. The van der Waals surface area contributed by atoms with Gasteiger partial charge in [-0.1, -0.05) is 0 Å². The fourth-order valence-corrected chi connectivity index (χ4v) is 1.67. The molecule has 0 atom stereocenters. The summed E-state index contributed by atoms with van der Waals surface area (Å²) in [5.41, 5.74) is 6.89. The van der Waals surface area contributed by atoms with Crippen molar-refractivity contribution in [3.8, 4) is 17.0 Å². The Kier molecular flexibility index (Phi) is 3.14. The minimum absolute atomic E-state index is 0.0750. The Bertz CT molecular complexity index is 600. The first-order valence-corrected chi connectivity index (χ1v) is 5.29. The van der Waals surface area contributed by atoms with Gasteiger partial charge in [0.25, 0.3) is 5.88 Å². The summed E-state index contributed by atoms with van der Waals surface area (Å²) in [6, 6.07) is 4.06. The minimum Gasteiger partial charge on any atom is -0.479 e. The molecule has 0 saturated heterocycles. The lowest BCUT2D eigenvalue weighted by Gasteiger charge is -2.09. The summed E-state index contributed by atoms with van der Waals surface area (Å²) >= 11 is 0. The summed E-state index contributed by atoms with van der Waals surface area (Å²) in [5.74, 6) is -1.41. The molecule has 2 N–H and O–H groups in total. The second kappa shape index (κ2) is 4.60. The predicted octanol–water partition coefficient (Wildman–Crippen LogP) is 2.93. The molecule has 0 aliphatic rings. The molecule has 0 spiro atoms. The smallest absolute Gasteiger partial charge is 0.250 e. The Morgan fingerprint density at radius 2 is 1.94 bits per heavy atom. The molecule has 0 unspecified atom stereocenters. The molecule has 0 fully saturated rings. The highest BCUT2D eigenvalue weighted by Crippen LogP contribution is 2.31. The topological polar surface area (TPSA) is 48.1 Å². The fourth-order valence-electron chi connectivity index (χ4n) is 1.67. The van der Waals surface area contributed by atoms with Crippen LogP contribution in [0.3, 0.4) is 0 Å². The first-order chi connectivity index (χ1) is 8.54. The van der Waals surface area contributed by atoms with E-state index in [9.17, 15) is 8.78 Å². The van der Waals surface area contributed by atoms with E-state index >= 15 is 0 Å². The summed E-state index contributed by atoms with van der Waals surface area (Å²) < 4.78 is 32.6. The third kappa shape index (κ3) is 1.99. The predicted molar refractivity (Wildman–Crippen MR) is 65.3 cm³/mol. The van der Waals surface area contributed by atoms with Crippen LogP contribution in [0.5, 0.6) is 5.88 Å². The molecule has 0 aliphatic heterocycles. The molecule has 5 heteroatoms. The summed E-state index contributed by atoms with van der Waals surface area (Å²) in [6.07, 6.45) is 1.35. The van der Waals surface area contributed by atoms with Crippen LogP contribution in [0.15, 0.2) is 24.4 Å². The molecule has 0 radical (unpaired) electrons. The Balaban J connectivity index is 2.66. The van der Waals surface area contributed by atoms with Crippen molar-refractivity contribution in [2.75, 3.05) is 12.8 Å². The van der Waals surface area contributed by atoms with Crippen molar-refractivity contribution in [3.05, 3.63) is 41.6 Å². The summed E-state index contributed by atoms with van der Waals surface area (Å²) in [5, 5.41) is 0.